The van der Waals surface area contributed by atoms with Crippen molar-refractivity contribution in [2.24, 2.45) is 0 Å². The van der Waals surface area contributed by atoms with E-state index in [4.69, 9.17) is 11.6 Å². The van der Waals surface area contributed by atoms with Crippen molar-refractivity contribution in [3.05, 3.63) is 24.3 Å². The Morgan fingerprint density at radius 2 is 1.94 bits per heavy atom. The third-order valence-electron chi connectivity index (χ3n) is 2.00. The monoisotopic (exact) mass is 283 g/mol. The highest BCUT2D eigenvalue weighted by molar-refractivity contribution is 7.91. The highest BCUT2D eigenvalue weighted by atomic mass is 35.5. The maximum Gasteiger partial charge on any atom is 0.341 e. The molecule has 0 radical (unpaired) electrons. The summed E-state index contributed by atoms with van der Waals surface area (Å²) >= 11 is 5.70. The van der Waals surface area contributed by atoms with Gasteiger partial charge in [-0.05, 0) is 19.1 Å². The molecule has 1 N–H and O–H groups in total. The lowest BCUT2D eigenvalue weighted by molar-refractivity contribution is 0.235. The van der Waals surface area contributed by atoms with Crippen LogP contribution in [0.1, 0.15) is 6.92 Å². The molecule has 0 aliphatic heterocycles. The second kappa shape index (κ2) is 5.64. The van der Waals surface area contributed by atoms with Gasteiger partial charge in [-0.25, -0.2) is 8.42 Å². The molecule has 7 heteroatoms. The molecule has 0 amide bonds. The minimum Gasteiger partial charge on any atom is -0.383 e. The fraction of sp³-hybridized carbons (Fsp3) is 0.400. The average Bonchev–Trinajstić information content (AvgIpc) is 2.26. The molecule has 0 fully saturated rings. The molecule has 0 aromatic heterocycles. The van der Waals surface area contributed by atoms with E-state index in [1.807, 2.05) is 0 Å². The number of para-hydroxylation sites is 1. The molecule has 0 bridgehead atoms. The van der Waals surface area contributed by atoms with Crippen LogP contribution >= 0.6 is 11.6 Å². The summed E-state index contributed by atoms with van der Waals surface area (Å²) in [5.74, 6) is -3.43. The number of nitrogens with one attached hydrogen (secondary N) is 1. The van der Waals surface area contributed by atoms with Crippen LogP contribution in [0.15, 0.2) is 29.2 Å². The Hall–Kier alpha value is -0.880. The van der Waals surface area contributed by atoms with Crippen molar-refractivity contribution in [2.75, 3.05) is 11.9 Å². The lowest BCUT2D eigenvalue weighted by atomic mass is 10.3. The Bertz CT molecular complexity index is 477. The van der Waals surface area contributed by atoms with Crippen LogP contribution in [-0.4, -0.2) is 26.1 Å². The molecule has 17 heavy (non-hydrogen) atoms. The Morgan fingerprint density at radius 1 is 1.35 bits per heavy atom. The molecule has 0 aliphatic carbocycles. The van der Waals surface area contributed by atoms with Crippen molar-refractivity contribution in [1.82, 2.24) is 0 Å². The van der Waals surface area contributed by atoms with Gasteiger partial charge in [0.05, 0.1) is 10.6 Å². The summed E-state index contributed by atoms with van der Waals surface area (Å²) in [7, 11) is -4.59. The van der Waals surface area contributed by atoms with Crippen LogP contribution in [0.25, 0.3) is 0 Å². The van der Waals surface area contributed by atoms with Crippen molar-refractivity contribution in [2.45, 2.75) is 23.0 Å². The van der Waals surface area contributed by atoms with E-state index < -0.39 is 20.5 Å². The molecule has 1 rings (SSSR count). The van der Waals surface area contributed by atoms with Gasteiger partial charge in [0.15, 0.2) is 0 Å². The molecule has 1 aromatic rings. The summed E-state index contributed by atoms with van der Waals surface area (Å²) in [4.78, 5) is -0.410. The van der Waals surface area contributed by atoms with E-state index >= 15 is 0 Å². The first-order valence-corrected chi connectivity index (χ1v) is 6.83. The predicted octanol–water partition coefficient (Wildman–Crippen LogP) is 2.72. The number of sulfone groups is 1. The molecule has 0 spiro atoms. The largest absolute Gasteiger partial charge is 0.383 e. The first-order valence-electron chi connectivity index (χ1n) is 4.84. The molecule has 1 atom stereocenters. The molecular weight excluding hydrogens is 272 g/mol. The van der Waals surface area contributed by atoms with Crippen molar-refractivity contribution >= 4 is 27.1 Å². The van der Waals surface area contributed by atoms with Gasteiger partial charge in [-0.3, -0.25) is 0 Å². The number of hydrogen-bond donors (Lipinski definition) is 1. The van der Waals surface area contributed by atoms with Crippen molar-refractivity contribution in [1.29, 1.82) is 0 Å². The lowest BCUT2D eigenvalue weighted by Crippen LogP contribution is -2.16. The maximum absolute atomic E-state index is 12.4. The molecule has 3 nitrogen and oxygen atoms in total. The first-order chi connectivity index (χ1) is 7.85. The zero-order chi connectivity index (χ0) is 13.1. The normalized spacial score (nSPS) is 13.7. The number of hydrogen-bond acceptors (Lipinski definition) is 3. The summed E-state index contributed by atoms with van der Waals surface area (Å²) in [5.41, 5.74) is 0.139. The topological polar surface area (TPSA) is 46.2 Å². The summed E-state index contributed by atoms with van der Waals surface area (Å²) < 4.78 is 47.6. The van der Waals surface area contributed by atoms with E-state index in [9.17, 15) is 17.2 Å². The second-order valence-corrected chi connectivity index (χ2v) is 6.09. The van der Waals surface area contributed by atoms with E-state index in [2.05, 4.69) is 5.32 Å². The third kappa shape index (κ3) is 3.54. The predicted molar refractivity (Wildman–Crippen MR) is 63.4 cm³/mol. The second-order valence-electron chi connectivity index (χ2n) is 3.46. The van der Waals surface area contributed by atoms with E-state index in [1.165, 1.54) is 12.1 Å². The first kappa shape index (κ1) is 14.2. The SMILES string of the molecule is CC(Cl)CNc1ccccc1S(=O)(=O)C(F)F. The molecule has 0 saturated carbocycles. The quantitative estimate of drug-likeness (QED) is 0.845. The fourth-order valence-corrected chi connectivity index (χ4v) is 2.19. The van der Waals surface area contributed by atoms with Crippen LogP contribution in [0.3, 0.4) is 0 Å². The Morgan fingerprint density at radius 3 is 2.47 bits per heavy atom. The van der Waals surface area contributed by atoms with E-state index in [0.29, 0.717) is 0 Å². The highest BCUT2D eigenvalue weighted by Crippen LogP contribution is 2.26. The summed E-state index contributed by atoms with van der Waals surface area (Å²) in [6.45, 7) is 2.00. The van der Waals surface area contributed by atoms with Gasteiger partial charge >= 0.3 is 5.76 Å². The van der Waals surface area contributed by atoms with Crippen molar-refractivity contribution < 1.29 is 17.2 Å². The zero-order valence-corrected chi connectivity index (χ0v) is 10.6. The van der Waals surface area contributed by atoms with Crippen LogP contribution in [0, 0.1) is 0 Å². The molecule has 1 unspecified atom stereocenters. The minimum absolute atomic E-state index is 0.139. The standard InChI is InChI=1S/C10H12ClF2NO2S/c1-7(11)6-14-8-4-2-3-5-9(8)17(15,16)10(12)13/h2-5,7,10,14H,6H2,1H3. The van der Waals surface area contributed by atoms with Crippen LogP contribution in [0.2, 0.25) is 0 Å². The zero-order valence-electron chi connectivity index (χ0n) is 9.03. The van der Waals surface area contributed by atoms with Crippen LogP contribution < -0.4 is 5.32 Å². The summed E-state index contributed by atoms with van der Waals surface area (Å²) in [5, 5.41) is 2.49. The van der Waals surface area contributed by atoms with Gasteiger partial charge in [-0.15, -0.1) is 11.6 Å². The molecule has 1 aromatic carbocycles. The fourth-order valence-electron chi connectivity index (χ4n) is 1.21. The van der Waals surface area contributed by atoms with Crippen LogP contribution in [0.5, 0.6) is 0 Å². The molecule has 0 aliphatic rings. The molecule has 96 valence electrons. The minimum atomic E-state index is -4.59. The van der Waals surface area contributed by atoms with Crippen LogP contribution in [-0.2, 0) is 9.84 Å². The Kier molecular flexibility index (Phi) is 4.70. The van der Waals surface area contributed by atoms with E-state index in [0.717, 1.165) is 6.07 Å². The summed E-state index contributed by atoms with van der Waals surface area (Å²) in [6.07, 6.45) is 0. The van der Waals surface area contributed by atoms with E-state index in [1.54, 1.807) is 13.0 Å². The van der Waals surface area contributed by atoms with Crippen molar-refractivity contribution in [3.63, 3.8) is 0 Å². The number of alkyl halides is 3. The maximum atomic E-state index is 12.4. The van der Waals surface area contributed by atoms with Gasteiger partial charge in [0.2, 0.25) is 9.84 Å². The van der Waals surface area contributed by atoms with Gasteiger partial charge < -0.3 is 5.32 Å². The number of benzene rings is 1. The smallest absolute Gasteiger partial charge is 0.341 e. The number of halogens is 3. The lowest BCUT2D eigenvalue weighted by Gasteiger charge is -2.12. The van der Waals surface area contributed by atoms with Gasteiger partial charge in [0, 0.05) is 11.9 Å². The van der Waals surface area contributed by atoms with Gasteiger partial charge in [0.25, 0.3) is 0 Å². The summed E-state index contributed by atoms with van der Waals surface area (Å²) in [6, 6.07) is 5.52. The van der Waals surface area contributed by atoms with Gasteiger partial charge in [-0.2, -0.15) is 8.78 Å². The molecular formula is C10H12ClF2NO2S. The third-order valence-corrected chi connectivity index (χ3v) is 3.59. The number of rotatable bonds is 5. The van der Waals surface area contributed by atoms with E-state index in [-0.39, 0.29) is 17.6 Å². The Labute approximate surface area is 104 Å². The number of anilines is 1. The molecule has 0 saturated heterocycles. The van der Waals surface area contributed by atoms with Crippen LogP contribution in [0.4, 0.5) is 14.5 Å². The average molecular weight is 284 g/mol. The molecule has 0 heterocycles. The van der Waals surface area contributed by atoms with Crippen molar-refractivity contribution in [3.8, 4) is 0 Å². The highest BCUT2D eigenvalue weighted by Gasteiger charge is 2.28. The van der Waals surface area contributed by atoms with Gasteiger partial charge in [0.1, 0.15) is 0 Å². The van der Waals surface area contributed by atoms with Gasteiger partial charge in [-0.1, -0.05) is 12.1 Å². The Balaban J connectivity index is 3.08.